The minimum atomic E-state index is -4.71. The van der Waals surface area contributed by atoms with Gasteiger partial charge in [0.25, 0.3) is 0 Å². The number of hydrogen-bond acceptors (Lipinski definition) is 8. The average Bonchev–Trinajstić information content (AvgIpc) is 2.74. The Labute approximate surface area is 190 Å². The van der Waals surface area contributed by atoms with Crippen molar-refractivity contribution in [2.24, 2.45) is 0 Å². The first-order chi connectivity index (χ1) is 15.2. The normalized spacial score (nSPS) is 14.4. The maximum absolute atomic E-state index is 12.2. The van der Waals surface area contributed by atoms with Crippen molar-refractivity contribution in [1.82, 2.24) is 14.9 Å². The van der Waals surface area contributed by atoms with Crippen LogP contribution in [0.5, 0.6) is 11.8 Å². The van der Waals surface area contributed by atoms with Crippen molar-refractivity contribution < 1.29 is 32.5 Å². The molecule has 9 nitrogen and oxygen atoms in total. The molecule has 0 saturated carbocycles. The molecular weight excluding hydrogens is 443 g/mol. The summed E-state index contributed by atoms with van der Waals surface area (Å²) in [6.07, 6.45) is -4.16. The van der Waals surface area contributed by atoms with Crippen LogP contribution >= 0.6 is 0 Å². The number of carboxylic acids is 1. The van der Waals surface area contributed by atoms with Gasteiger partial charge in [-0.05, 0) is 24.1 Å². The highest BCUT2D eigenvalue weighted by molar-refractivity contribution is 5.69. The van der Waals surface area contributed by atoms with E-state index in [1.165, 1.54) is 19.2 Å². The van der Waals surface area contributed by atoms with E-state index in [-0.39, 0.29) is 25.7 Å². The second-order valence-electron chi connectivity index (χ2n) is 7.12. The fourth-order valence-corrected chi connectivity index (χ4v) is 3.28. The van der Waals surface area contributed by atoms with Crippen molar-refractivity contribution in [3.05, 3.63) is 35.9 Å². The van der Waals surface area contributed by atoms with Crippen LogP contribution in [-0.2, 0) is 11.2 Å². The largest absolute Gasteiger partial charge is 0.573 e. The summed E-state index contributed by atoms with van der Waals surface area (Å²) in [6.45, 7) is 2.96. The molecule has 0 radical (unpaired) electrons. The Morgan fingerprint density at radius 1 is 1.15 bits per heavy atom. The summed E-state index contributed by atoms with van der Waals surface area (Å²) in [5, 5.41) is 12.1. The molecule has 12 heteroatoms. The first-order valence-electron chi connectivity index (χ1n) is 9.92. The van der Waals surface area contributed by atoms with E-state index >= 15 is 0 Å². The Bertz CT molecular complexity index is 904. The molecule has 33 heavy (non-hydrogen) atoms. The van der Waals surface area contributed by atoms with Crippen LogP contribution in [0.4, 0.5) is 24.8 Å². The first-order valence-corrected chi connectivity index (χ1v) is 9.92. The van der Waals surface area contributed by atoms with Crippen molar-refractivity contribution in [3.63, 3.8) is 0 Å². The smallest absolute Gasteiger partial charge is 0.480 e. The molecule has 182 valence electrons. The van der Waals surface area contributed by atoms with Crippen LogP contribution in [0.1, 0.15) is 13.0 Å². The van der Waals surface area contributed by atoms with Gasteiger partial charge in [-0.25, -0.2) is 0 Å². The lowest BCUT2D eigenvalue weighted by molar-refractivity contribution is -0.274. The third-order valence-electron chi connectivity index (χ3n) is 4.81. The van der Waals surface area contributed by atoms with Gasteiger partial charge < -0.3 is 24.8 Å². The predicted octanol–water partition coefficient (Wildman–Crippen LogP) is 2.88. The van der Waals surface area contributed by atoms with E-state index in [4.69, 9.17) is 9.84 Å². The van der Waals surface area contributed by atoms with Crippen LogP contribution in [0.3, 0.4) is 0 Å². The van der Waals surface area contributed by atoms with Gasteiger partial charge in [-0.3, -0.25) is 9.69 Å². The summed E-state index contributed by atoms with van der Waals surface area (Å²) in [5.74, 6) is 0.110. The zero-order chi connectivity index (χ0) is 23.1. The topological polar surface area (TPSA) is 100 Å². The molecule has 3 rings (SSSR count). The van der Waals surface area contributed by atoms with E-state index in [0.717, 1.165) is 5.56 Å². The van der Waals surface area contributed by atoms with E-state index in [1.807, 2.05) is 9.80 Å². The number of alkyl halides is 3. The van der Waals surface area contributed by atoms with Crippen LogP contribution < -0.4 is 19.7 Å². The Kier molecular flexibility index (Phi) is 9.09. The predicted molar refractivity (Wildman–Crippen MR) is 117 cm³/mol. The first kappa shape index (κ1) is 26.0. The number of rotatable bonds is 9. The van der Waals surface area contributed by atoms with Gasteiger partial charge in [-0.1, -0.05) is 19.6 Å². The fraction of sp³-hybridized carbons (Fsp3) is 0.476. The van der Waals surface area contributed by atoms with Crippen molar-refractivity contribution >= 4 is 17.6 Å². The number of halogens is 3. The number of hydrogen-bond donors (Lipinski definition) is 2. The monoisotopic (exact) mass is 471 g/mol. The fourth-order valence-electron chi connectivity index (χ4n) is 3.28. The maximum atomic E-state index is 12.2. The lowest BCUT2D eigenvalue weighted by Crippen LogP contribution is -2.48. The number of nitrogens with one attached hydrogen (secondary N) is 1. The number of aliphatic carboxylic acids is 1. The summed E-state index contributed by atoms with van der Waals surface area (Å²) < 4.78 is 45.8. The van der Waals surface area contributed by atoms with Crippen molar-refractivity contribution in [2.75, 3.05) is 56.6 Å². The van der Waals surface area contributed by atoms with Crippen LogP contribution in [0.15, 0.2) is 30.3 Å². The van der Waals surface area contributed by atoms with Crippen LogP contribution in [0.2, 0.25) is 0 Å². The number of aromatic nitrogens is 2. The van der Waals surface area contributed by atoms with Gasteiger partial charge >= 0.3 is 18.3 Å². The summed E-state index contributed by atoms with van der Waals surface area (Å²) in [7, 11) is 1.47. The van der Waals surface area contributed by atoms with E-state index < -0.39 is 12.3 Å². The number of carboxylic acid groups (broad SMARTS) is 1. The molecule has 2 heterocycles. The molecule has 0 atom stereocenters. The van der Waals surface area contributed by atoms with Crippen LogP contribution in [0, 0.1) is 0 Å². The molecule has 1 saturated heterocycles. The highest BCUT2D eigenvalue weighted by Gasteiger charge is 2.30. The molecule has 1 aliphatic rings. The second-order valence-corrected chi connectivity index (χ2v) is 7.12. The van der Waals surface area contributed by atoms with Crippen molar-refractivity contribution in [3.8, 4) is 11.8 Å². The third-order valence-corrected chi connectivity index (χ3v) is 4.81. The SMILES string of the molecule is C.COc1nc(NCCc2ccc(OC(F)(F)F)cc2)cc(N2CCN(CC(=O)O)CC2)n1. The summed E-state index contributed by atoms with van der Waals surface area (Å²) >= 11 is 0. The number of ether oxygens (including phenoxy) is 2. The highest BCUT2D eigenvalue weighted by atomic mass is 19.4. The molecule has 1 aliphatic heterocycles. The lowest BCUT2D eigenvalue weighted by Gasteiger charge is -2.34. The summed E-state index contributed by atoms with van der Waals surface area (Å²) in [4.78, 5) is 23.4. The van der Waals surface area contributed by atoms with Crippen molar-refractivity contribution in [2.45, 2.75) is 20.2 Å². The Morgan fingerprint density at radius 3 is 2.39 bits per heavy atom. The molecule has 0 bridgehead atoms. The van der Waals surface area contributed by atoms with Crippen molar-refractivity contribution in [1.29, 1.82) is 0 Å². The molecule has 1 fully saturated rings. The van der Waals surface area contributed by atoms with Crippen LogP contribution in [0.25, 0.3) is 0 Å². The molecule has 0 unspecified atom stereocenters. The molecule has 1 aromatic heterocycles. The molecule has 0 amide bonds. The van der Waals surface area contributed by atoms with Gasteiger partial charge in [0.2, 0.25) is 0 Å². The number of carbonyl (C=O) groups is 1. The summed E-state index contributed by atoms with van der Waals surface area (Å²) in [5.41, 5.74) is 0.836. The number of anilines is 2. The lowest BCUT2D eigenvalue weighted by atomic mass is 10.1. The number of piperazine rings is 1. The molecule has 0 aliphatic carbocycles. The Morgan fingerprint density at radius 2 is 1.82 bits per heavy atom. The number of methoxy groups -OCH3 is 1. The van der Waals surface area contributed by atoms with E-state index in [2.05, 4.69) is 20.0 Å². The summed E-state index contributed by atoms with van der Waals surface area (Å²) in [6, 6.07) is 7.69. The number of benzene rings is 1. The van der Waals surface area contributed by atoms with Gasteiger partial charge in [0, 0.05) is 38.8 Å². The van der Waals surface area contributed by atoms with Gasteiger partial charge in [0.05, 0.1) is 13.7 Å². The quantitative estimate of drug-likeness (QED) is 0.572. The van der Waals surface area contributed by atoms with Gasteiger partial charge in [0.1, 0.15) is 17.4 Å². The average molecular weight is 471 g/mol. The van der Waals surface area contributed by atoms with E-state index in [9.17, 15) is 18.0 Å². The van der Waals surface area contributed by atoms with Gasteiger partial charge in [-0.15, -0.1) is 13.2 Å². The Balaban J connectivity index is 0.00000385. The second kappa shape index (κ2) is 11.5. The third kappa shape index (κ3) is 8.29. The highest BCUT2D eigenvalue weighted by Crippen LogP contribution is 2.23. The Hall–Kier alpha value is -3.28. The minimum absolute atomic E-state index is 0. The zero-order valence-corrected chi connectivity index (χ0v) is 17.4. The molecule has 2 N–H and O–H groups in total. The maximum Gasteiger partial charge on any atom is 0.573 e. The molecular formula is C21H28F3N5O4. The molecule has 2 aromatic rings. The number of nitrogens with zero attached hydrogens (tertiary/aromatic N) is 4. The standard InChI is InChI=1S/C20H24F3N5O4.CH4/c1-31-19-25-16(12-17(26-19)28-10-8-27(9-11-28)13-18(29)30)24-7-6-14-2-4-15(5-3-14)32-20(21,22)23;/h2-5,12H,6-11,13H2,1H3,(H,29,30)(H,24,25,26);1H4. The van der Waals surface area contributed by atoms with E-state index in [1.54, 1.807) is 18.2 Å². The minimum Gasteiger partial charge on any atom is -0.480 e. The van der Waals surface area contributed by atoms with Gasteiger partial charge in [-0.2, -0.15) is 9.97 Å². The molecule has 1 aromatic carbocycles. The zero-order valence-electron chi connectivity index (χ0n) is 17.4. The van der Waals surface area contributed by atoms with E-state index in [0.29, 0.717) is 50.8 Å². The van der Waals surface area contributed by atoms with Crippen LogP contribution in [-0.4, -0.2) is 78.7 Å². The van der Waals surface area contributed by atoms with Gasteiger partial charge in [0.15, 0.2) is 0 Å². The molecule has 0 spiro atoms.